The molecule has 2 aromatic carbocycles. The van der Waals surface area contributed by atoms with Gasteiger partial charge >= 0.3 is 0 Å². The number of ether oxygens (including phenoxy) is 1. The SMILES string of the molecule is COc1ccc(CCC(=O)Nc2ccc(NC(=O)c3ccco3)cc2)cc1. The molecular weight excluding hydrogens is 344 g/mol. The second kappa shape index (κ2) is 8.71. The predicted octanol–water partition coefficient (Wildman–Crippen LogP) is 4.11. The summed E-state index contributed by atoms with van der Waals surface area (Å²) in [7, 11) is 1.62. The van der Waals surface area contributed by atoms with E-state index in [0.717, 1.165) is 11.3 Å². The molecular formula is C21H20N2O4. The van der Waals surface area contributed by atoms with Crippen LogP contribution in [0.3, 0.4) is 0 Å². The minimum absolute atomic E-state index is 0.0711. The van der Waals surface area contributed by atoms with Crippen LogP contribution in [0, 0.1) is 0 Å². The van der Waals surface area contributed by atoms with E-state index in [-0.39, 0.29) is 17.6 Å². The van der Waals surface area contributed by atoms with Crippen LogP contribution in [0.5, 0.6) is 5.75 Å². The van der Waals surface area contributed by atoms with Gasteiger partial charge in [0.2, 0.25) is 5.91 Å². The van der Waals surface area contributed by atoms with Crippen molar-refractivity contribution >= 4 is 23.2 Å². The predicted molar refractivity (Wildman–Crippen MR) is 103 cm³/mol. The summed E-state index contributed by atoms with van der Waals surface area (Å²) in [4.78, 5) is 24.0. The highest BCUT2D eigenvalue weighted by Crippen LogP contribution is 2.16. The number of aryl methyl sites for hydroxylation is 1. The highest BCUT2D eigenvalue weighted by atomic mass is 16.5. The molecule has 3 aromatic rings. The maximum absolute atomic E-state index is 12.1. The number of benzene rings is 2. The van der Waals surface area contributed by atoms with Gasteiger partial charge in [0.1, 0.15) is 5.75 Å². The number of nitrogens with one attached hydrogen (secondary N) is 2. The zero-order chi connectivity index (χ0) is 19.1. The molecule has 0 atom stereocenters. The van der Waals surface area contributed by atoms with E-state index in [9.17, 15) is 9.59 Å². The topological polar surface area (TPSA) is 80.6 Å². The smallest absolute Gasteiger partial charge is 0.291 e. The van der Waals surface area contributed by atoms with Gasteiger partial charge < -0.3 is 19.8 Å². The molecule has 27 heavy (non-hydrogen) atoms. The Bertz CT molecular complexity index is 885. The van der Waals surface area contributed by atoms with Gasteiger partial charge in [0.05, 0.1) is 13.4 Å². The molecule has 0 aliphatic carbocycles. The fourth-order valence-corrected chi connectivity index (χ4v) is 2.51. The van der Waals surface area contributed by atoms with E-state index in [1.807, 2.05) is 24.3 Å². The standard InChI is InChI=1S/C21H20N2O4/c1-26-18-11-4-15(5-12-18)6-13-20(24)22-16-7-9-17(10-8-16)23-21(25)19-3-2-14-27-19/h2-5,7-12,14H,6,13H2,1H3,(H,22,24)(H,23,25). The average molecular weight is 364 g/mol. The first kappa shape index (κ1) is 18.3. The van der Waals surface area contributed by atoms with Gasteiger partial charge in [-0.05, 0) is 60.5 Å². The Morgan fingerprint density at radius 2 is 1.59 bits per heavy atom. The van der Waals surface area contributed by atoms with E-state index in [1.54, 1.807) is 43.5 Å². The van der Waals surface area contributed by atoms with Crippen LogP contribution in [0.2, 0.25) is 0 Å². The van der Waals surface area contributed by atoms with Crippen LogP contribution in [-0.2, 0) is 11.2 Å². The molecule has 6 nitrogen and oxygen atoms in total. The molecule has 0 radical (unpaired) electrons. The van der Waals surface area contributed by atoms with Crippen molar-refractivity contribution in [3.05, 3.63) is 78.3 Å². The van der Waals surface area contributed by atoms with Crippen LogP contribution >= 0.6 is 0 Å². The number of rotatable bonds is 7. The Labute approximate surface area is 157 Å². The quantitative estimate of drug-likeness (QED) is 0.661. The van der Waals surface area contributed by atoms with Crippen LogP contribution in [0.15, 0.2) is 71.3 Å². The fraction of sp³-hybridized carbons (Fsp3) is 0.143. The molecule has 2 N–H and O–H groups in total. The third-order valence-corrected chi connectivity index (χ3v) is 3.97. The molecule has 2 amide bonds. The van der Waals surface area contributed by atoms with Crippen LogP contribution in [0.4, 0.5) is 11.4 Å². The van der Waals surface area contributed by atoms with Gasteiger partial charge in [-0.1, -0.05) is 12.1 Å². The molecule has 138 valence electrons. The van der Waals surface area contributed by atoms with Crippen molar-refractivity contribution in [2.45, 2.75) is 12.8 Å². The molecule has 1 heterocycles. The first-order valence-corrected chi connectivity index (χ1v) is 8.52. The maximum Gasteiger partial charge on any atom is 0.291 e. The van der Waals surface area contributed by atoms with Crippen LogP contribution in [0.1, 0.15) is 22.5 Å². The molecule has 0 saturated heterocycles. The molecule has 0 unspecified atom stereocenters. The Morgan fingerprint density at radius 1 is 0.926 bits per heavy atom. The first-order valence-electron chi connectivity index (χ1n) is 8.52. The number of methoxy groups -OCH3 is 1. The normalized spacial score (nSPS) is 10.3. The van der Waals surface area contributed by atoms with Gasteiger partial charge in [-0.15, -0.1) is 0 Å². The number of carbonyl (C=O) groups excluding carboxylic acids is 2. The summed E-state index contributed by atoms with van der Waals surface area (Å²) in [5.74, 6) is 0.641. The molecule has 0 bridgehead atoms. The molecule has 0 aliphatic heterocycles. The zero-order valence-corrected chi connectivity index (χ0v) is 14.9. The molecule has 0 aliphatic rings. The van der Waals surface area contributed by atoms with E-state index in [2.05, 4.69) is 10.6 Å². The van der Waals surface area contributed by atoms with Crippen LogP contribution in [0.25, 0.3) is 0 Å². The molecule has 1 aromatic heterocycles. The summed E-state index contributed by atoms with van der Waals surface area (Å²) in [6.07, 6.45) is 2.47. The van der Waals surface area contributed by atoms with Gasteiger partial charge in [0, 0.05) is 17.8 Å². The second-order valence-corrected chi connectivity index (χ2v) is 5.91. The van der Waals surface area contributed by atoms with E-state index in [1.165, 1.54) is 6.26 Å². The number of anilines is 2. The summed E-state index contributed by atoms with van der Waals surface area (Å²) < 4.78 is 10.2. The minimum Gasteiger partial charge on any atom is -0.497 e. The van der Waals surface area contributed by atoms with Gasteiger partial charge in [0.25, 0.3) is 5.91 Å². The van der Waals surface area contributed by atoms with Gasteiger partial charge in [-0.25, -0.2) is 0 Å². The van der Waals surface area contributed by atoms with E-state index < -0.39 is 0 Å². The van der Waals surface area contributed by atoms with Crippen molar-refractivity contribution < 1.29 is 18.7 Å². The van der Waals surface area contributed by atoms with Crippen molar-refractivity contribution in [2.24, 2.45) is 0 Å². The number of furan rings is 1. The van der Waals surface area contributed by atoms with E-state index in [4.69, 9.17) is 9.15 Å². The lowest BCUT2D eigenvalue weighted by Crippen LogP contribution is -2.13. The lowest BCUT2D eigenvalue weighted by Gasteiger charge is -2.08. The molecule has 0 fully saturated rings. The van der Waals surface area contributed by atoms with Gasteiger partial charge in [-0.2, -0.15) is 0 Å². The van der Waals surface area contributed by atoms with Crippen molar-refractivity contribution in [3.8, 4) is 5.75 Å². The maximum atomic E-state index is 12.1. The zero-order valence-electron chi connectivity index (χ0n) is 14.9. The molecule has 0 spiro atoms. The monoisotopic (exact) mass is 364 g/mol. The summed E-state index contributed by atoms with van der Waals surface area (Å²) in [6.45, 7) is 0. The lowest BCUT2D eigenvalue weighted by molar-refractivity contribution is -0.116. The van der Waals surface area contributed by atoms with E-state index >= 15 is 0 Å². The largest absolute Gasteiger partial charge is 0.497 e. The molecule has 3 rings (SSSR count). The average Bonchev–Trinajstić information content (AvgIpc) is 3.23. The Hall–Kier alpha value is -3.54. The Morgan fingerprint density at radius 3 is 2.19 bits per heavy atom. The van der Waals surface area contributed by atoms with Crippen molar-refractivity contribution in [1.29, 1.82) is 0 Å². The Kier molecular flexibility index (Phi) is 5.89. The Balaban J connectivity index is 1.48. The van der Waals surface area contributed by atoms with Crippen LogP contribution in [-0.4, -0.2) is 18.9 Å². The number of hydrogen-bond acceptors (Lipinski definition) is 4. The number of amides is 2. The highest BCUT2D eigenvalue weighted by Gasteiger charge is 2.09. The van der Waals surface area contributed by atoms with Crippen molar-refractivity contribution in [2.75, 3.05) is 17.7 Å². The third-order valence-electron chi connectivity index (χ3n) is 3.97. The van der Waals surface area contributed by atoms with Crippen molar-refractivity contribution in [1.82, 2.24) is 0 Å². The fourth-order valence-electron chi connectivity index (χ4n) is 2.51. The van der Waals surface area contributed by atoms with Crippen LogP contribution < -0.4 is 15.4 Å². The molecule has 0 saturated carbocycles. The summed E-state index contributed by atoms with van der Waals surface area (Å²) >= 11 is 0. The van der Waals surface area contributed by atoms with Gasteiger partial charge in [0.15, 0.2) is 5.76 Å². The number of hydrogen-bond donors (Lipinski definition) is 2. The van der Waals surface area contributed by atoms with Crippen molar-refractivity contribution in [3.63, 3.8) is 0 Å². The minimum atomic E-state index is -0.323. The first-order chi connectivity index (χ1) is 13.1. The summed E-state index contributed by atoms with van der Waals surface area (Å²) in [5, 5.41) is 5.57. The second-order valence-electron chi connectivity index (χ2n) is 5.91. The highest BCUT2D eigenvalue weighted by molar-refractivity contribution is 6.02. The lowest BCUT2D eigenvalue weighted by atomic mass is 10.1. The molecule has 6 heteroatoms. The third kappa shape index (κ3) is 5.22. The van der Waals surface area contributed by atoms with E-state index in [0.29, 0.717) is 24.2 Å². The number of carbonyl (C=O) groups is 2. The summed E-state index contributed by atoms with van der Waals surface area (Å²) in [5.41, 5.74) is 2.36. The summed E-state index contributed by atoms with van der Waals surface area (Å²) in [6, 6.07) is 17.8. The van der Waals surface area contributed by atoms with Gasteiger partial charge in [-0.3, -0.25) is 9.59 Å².